The molecule has 0 fully saturated rings. The van der Waals surface area contributed by atoms with Crippen LogP contribution in [0.2, 0.25) is 0 Å². The number of hydrogen-bond donors (Lipinski definition) is 1. The van der Waals surface area contributed by atoms with Gasteiger partial charge in [-0.25, -0.2) is 9.97 Å². The Bertz CT molecular complexity index is 920. The first-order chi connectivity index (χ1) is 12.5. The Hall–Kier alpha value is -3.19. The van der Waals surface area contributed by atoms with Crippen molar-refractivity contribution in [1.29, 1.82) is 5.26 Å². The minimum Gasteiger partial charge on any atom is -0.324 e. The predicted molar refractivity (Wildman–Crippen MR) is 105 cm³/mol. The van der Waals surface area contributed by atoms with E-state index in [-0.39, 0.29) is 0 Å². The van der Waals surface area contributed by atoms with E-state index in [9.17, 15) is 0 Å². The lowest BCUT2D eigenvalue weighted by Crippen LogP contribution is -1.98. The summed E-state index contributed by atoms with van der Waals surface area (Å²) >= 11 is 0. The molecule has 4 heteroatoms. The number of benzene rings is 2. The van der Waals surface area contributed by atoms with Crippen molar-refractivity contribution in [3.8, 4) is 17.2 Å². The van der Waals surface area contributed by atoms with E-state index in [1.54, 1.807) is 12.4 Å². The van der Waals surface area contributed by atoms with Crippen molar-refractivity contribution in [3.63, 3.8) is 0 Å². The number of nitrogens with one attached hydrogen (secondary N) is 1. The molecule has 1 N–H and O–H groups in total. The van der Waals surface area contributed by atoms with Crippen LogP contribution in [0.25, 0.3) is 11.1 Å². The highest BCUT2D eigenvalue weighted by Crippen LogP contribution is 2.24. The molecule has 4 nitrogen and oxygen atoms in total. The predicted octanol–water partition coefficient (Wildman–Crippen LogP) is 5.27. The summed E-state index contributed by atoms with van der Waals surface area (Å²) < 4.78 is 0. The van der Waals surface area contributed by atoms with Gasteiger partial charge < -0.3 is 5.32 Å². The third-order valence-electron chi connectivity index (χ3n) is 4.18. The third kappa shape index (κ3) is 4.25. The van der Waals surface area contributed by atoms with Crippen LogP contribution in [0.15, 0.2) is 54.9 Å². The van der Waals surface area contributed by atoms with Crippen molar-refractivity contribution in [2.45, 2.75) is 27.2 Å². The van der Waals surface area contributed by atoms with Crippen LogP contribution in [0, 0.1) is 24.2 Å². The fraction of sp³-hybridized carbons (Fsp3) is 0.227. The van der Waals surface area contributed by atoms with E-state index in [1.807, 2.05) is 25.1 Å². The molecule has 0 radical (unpaired) electrons. The van der Waals surface area contributed by atoms with Gasteiger partial charge in [-0.2, -0.15) is 5.26 Å². The summed E-state index contributed by atoms with van der Waals surface area (Å²) in [6.45, 7) is 6.45. The highest BCUT2D eigenvalue weighted by Gasteiger charge is 2.06. The number of anilines is 2. The highest BCUT2D eigenvalue weighted by atomic mass is 15.1. The molecule has 0 bridgehead atoms. The second kappa shape index (κ2) is 7.79. The Kier molecular flexibility index (Phi) is 5.28. The molecular weight excluding hydrogens is 320 g/mol. The van der Waals surface area contributed by atoms with Gasteiger partial charge >= 0.3 is 0 Å². The van der Waals surface area contributed by atoms with Gasteiger partial charge in [0.2, 0.25) is 5.95 Å². The molecule has 26 heavy (non-hydrogen) atoms. The van der Waals surface area contributed by atoms with Crippen LogP contribution in [-0.4, -0.2) is 9.97 Å². The molecule has 1 heterocycles. The lowest BCUT2D eigenvalue weighted by Gasteiger charge is -2.09. The van der Waals surface area contributed by atoms with E-state index < -0.39 is 0 Å². The molecule has 3 rings (SSSR count). The van der Waals surface area contributed by atoms with Gasteiger partial charge in [-0.05, 0) is 60.2 Å². The van der Waals surface area contributed by atoms with Crippen LogP contribution in [0.5, 0.6) is 0 Å². The maximum absolute atomic E-state index is 9.08. The Balaban J connectivity index is 1.75. The van der Waals surface area contributed by atoms with Gasteiger partial charge in [0.25, 0.3) is 0 Å². The van der Waals surface area contributed by atoms with E-state index in [2.05, 4.69) is 59.5 Å². The lowest BCUT2D eigenvalue weighted by atomic mass is 10.0. The molecule has 0 saturated heterocycles. The summed E-state index contributed by atoms with van der Waals surface area (Å²) in [5, 5.41) is 12.3. The summed E-state index contributed by atoms with van der Waals surface area (Å²) in [5.74, 6) is 1.20. The molecule has 3 aromatic rings. The van der Waals surface area contributed by atoms with Gasteiger partial charge in [0.15, 0.2) is 0 Å². The van der Waals surface area contributed by atoms with Crippen LogP contribution < -0.4 is 5.32 Å². The van der Waals surface area contributed by atoms with E-state index >= 15 is 0 Å². The molecule has 0 atom stereocenters. The summed E-state index contributed by atoms with van der Waals surface area (Å²) in [4.78, 5) is 8.83. The minimum absolute atomic E-state index is 0.555. The highest BCUT2D eigenvalue weighted by molar-refractivity contribution is 5.68. The van der Waals surface area contributed by atoms with Crippen LogP contribution in [0.4, 0.5) is 11.6 Å². The monoisotopic (exact) mass is 342 g/mol. The summed E-state index contributed by atoms with van der Waals surface area (Å²) in [6, 6.07) is 16.2. The summed E-state index contributed by atoms with van der Waals surface area (Å²) in [6.07, 6.45) is 4.64. The molecule has 2 aromatic carbocycles. The van der Waals surface area contributed by atoms with Crippen LogP contribution in [0.1, 0.15) is 30.5 Å². The van der Waals surface area contributed by atoms with Crippen molar-refractivity contribution in [1.82, 2.24) is 9.97 Å². The molecule has 0 unspecified atom stereocenters. The van der Waals surface area contributed by atoms with Crippen LogP contribution in [0.3, 0.4) is 0 Å². The normalized spacial score (nSPS) is 10.6. The van der Waals surface area contributed by atoms with Crippen LogP contribution >= 0.6 is 0 Å². The van der Waals surface area contributed by atoms with Gasteiger partial charge in [0, 0.05) is 23.6 Å². The van der Waals surface area contributed by atoms with Gasteiger partial charge in [-0.1, -0.05) is 32.0 Å². The Morgan fingerprint density at radius 1 is 1.04 bits per heavy atom. The van der Waals surface area contributed by atoms with E-state index in [0.29, 0.717) is 17.4 Å². The number of rotatable bonds is 5. The average molecular weight is 342 g/mol. The molecular formula is C22H22N4. The molecule has 0 aliphatic rings. The van der Waals surface area contributed by atoms with Gasteiger partial charge in [-0.3, -0.25) is 0 Å². The zero-order chi connectivity index (χ0) is 18.5. The fourth-order valence-corrected chi connectivity index (χ4v) is 2.86. The standard InChI is InChI=1S/C22H22N4/c1-15(2)10-17-6-8-20(9-7-17)26-22-24-13-19(14-25-22)21-11-18(12-23)5-4-16(21)3/h4-9,11,13-15H,10H2,1-3H3,(H,24,25,26). The Morgan fingerprint density at radius 3 is 2.35 bits per heavy atom. The minimum atomic E-state index is 0.555. The van der Waals surface area contributed by atoms with Crippen molar-refractivity contribution in [2.75, 3.05) is 5.32 Å². The van der Waals surface area contributed by atoms with Crippen molar-refractivity contribution in [3.05, 3.63) is 71.5 Å². The quantitative estimate of drug-likeness (QED) is 0.686. The molecule has 0 spiro atoms. The average Bonchev–Trinajstić information content (AvgIpc) is 2.64. The molecule has 1 aromatic heterocycles. The van der Waals surface area contributed by atoms with E-state index in [4.69, 9.17) is 5.26 Å². The van der Waals surface area contributed by atoms with Crippen molar-refractivity contribution >= 4 is 11.6 Å². The summed E-state index contributed by atoms with van der Waals surface area (Å²) in [7, 11) is 0. The summed E-state index contributed by atoms with van der Waals surface area (Å²) in [5.41, 5.74) is 5.90. The first-order valence-corrected chi connectivity index (χ1v) is 8.74. The largest absolute Gasteiger partial charge is 0.324 e. The zero-order valence-electron chi connectivity index (χ0n) is 15.3. The molecule has 0 aliphatic heterocycles. The second-order valence-corrected chi connectivity index (χ2v) is 6.86. The third-order valence-corrected chi connectivity index (χ3v) is 4.18. The number of aryl methyl sites for hydroxylation is 1. The van der Waals surface area contributed by atoms with E-state index in [0.717, 1.165) is 28.8 Å². The SMILES string of the molecule is Cc1ccc(C#N)cc1-c1cnc(Nc2ccc(CC(C)C)cc2)nc1. The first kappa shape index (κ1) is 17.6. The smallest absolute Gasteiger partial charge is 0.227 e. The number of nitrogens with zero attached hydrogens (tertiary/aromatic N) is 3. The fourth-order valence-electron chi connectivity index (χ4n) is 2.86. The lowest BCUT2D eigenvalue weighted by molar-refractivity contribution is 0.647. The second-order valence-electron chi connectivity index (χ2n) is 6.86. The van der Waals surface area contributed by atoms with E-state index in [1.165, 1.54) is 5.56 Å². The number of nitriles is 1. The van der Waals surface area contributed by atoms with Crippen molar-refractivity contribution < 1.29 is 0 Å². The Labute approximate surface area is 154 Å². The van der Waals surface area contributed by atoms with Crippen LogP contribution in [-0.2, 0) is 6.42 Å². The van der Waals surface area contributed by atoms with Gasteiger partial charge in [-0.15, -0.1) is 0 Å². The molecule has 0 aliphatic carbocycles. The zero-order valence-corrected chi connectivity index (χ0v) is 15.3. The molecule has 130 valence electrons. The topological polar surface area (TPSA) is 61.6 Å². The number of aromatic nitrogens is 2. The maximum atomic E-state index is 9.08. The first-order valence-electron chi connectivity index (χ1n) is 8.74. The molecule has 0 amide bonds. The number of hydrogen-bond acceptors (Lipinski definition) is 4. The molecule has 0 saturated carbocycles. The van der Waals surface area contributed by atoms with Crippen molar-refractivity contribution in [2.24, 2.45) is 5.92 Å². The van der Waals surface area contributed by atoms with Gasteiger partial charge in [0.05, 0.1) is 11.6 Å². The Morgan fingerprint density at radius 2 is 1.73 bits per heavy atom. The maximum Gasteiger partial charge on any atom is 0.227 e. The van der Waals surface area contributed by atoms with Gasteiger partial charge in [0.1, 0.15) is 0 Å².